The molecule has 3 aromatic rings. The summed E-state index contributed by atoms with van der Waals surface area (Å²) < 4.78 is 3.00. The fraction of sp³-hybridized carbons (Fsp3) is 0.333. The standard InChI is InChI=1S/C21H25BrN4O2/c1-11(2)26-10-13(4)19-16(6-14(22)7-18(19)26)20(27)24-9-17-12(3)5-15(8-23)25-21(17)28/h5-7,10-11H,8-9,23H2,1-4H3,(H,24,27)(H,25,28). The van der Waals surface area contributed by atoms with Gasteiger partial charge in [-0.1, -0.05) is 15.9 Å². The highest BCUT2D eigenvalue weighted by Gasteiger charge is 2.18. The number of rotatable bonds is 5. The number of nitrogens with two attached hydrogens (primary N) is 1. The average molecular weight is 445 g/mol. The van der Waals surface area contributed by atoms with Crippen LogP contribution in [0.25, 0.3) is 10.9 Å². The van der Waals surface area contributed by atoms with Crippen molar-refractivity contribution in [1.29, 1.82) is 0 Å². The van der Waals surface area contributed by atoms with Gasteiger partial charge < -0.3 is 20.6 Å². The maximum Gasteiger partial charge on any atom is 0.253 e. The maximum atomic E-state index is 13.0. The van der Waals surface area contributed by atoms with Gasteiger partial charge in [0.25, 0.3) is 11.5 Å². The summed E-state index contributed by atoms with van der Waals surface area (Å²) in [6, 6.07) is 5.97. The van der Waals surface area contributed by atoms with Crippen molar-refractivity contribution >= 4 is 32.7 Å². The number of hydrogen-bond acceptors (Lipinski definition) is 3. The highest BCUT2D eigenvalue weighted by molar-refractivity contribution is 9.10. The molecule has 28 heavy (non-hydrogen) atoms. The highest BCUT2D eigenvalue weighted by Crippen LogP contribution is 2.30. The summed E-state index contributed by atoms with van der Waals surface area (Å²) >= 11 is 3.52. The molecule has 0 aliphatic carbocycles. The van der Waals surface area contributed by atoms with Crippen LogP contribution in [0.1, 0.15) is 52.6 Å². The Morgan fingerprint density at radius 3 is 2.57 bits per heavy atom. The Morgan fingerprint density at radius 2 is 1.96 bits per heavy atom. The van der Waals surface area contributed by atoms with Crippen LogP contribution in [0.4, 0.5) is 0 Å². The van der Waals surface area contributed by atoms with E-state index in [1.54, 1.807) is 0 Å². The third kappa shape index (κ3) is 3.77. The number of hydrogen-bond donors (Lipinski definition) is 3. The van der Waals surface area contributed by atoms with E-state index in [0.29, 0.717) is 16.8 Å². The summed E-state index contributed by atoms with van der Waals surface area (Å²) in [6.45, 7) is 8.50. The highest BCUT2D eigenvalue weighted by atomic mass is 79.9. The molecule has 148 valence electrons. The molecule has 0 atom stereocenters. The number of aromatic amines is 1. The van der Waals surface area contributed by atoms with E-state index in [9.17, 15) is 9.59 Å². The normalized spacial score (nSPS) is 11.4. The first-order valence-corrected chi connectivity index (χ1v) is 10.0. The van der Waals surface area contributed by atoms with Crippen molar-refractivity contribution in [2.24, 2.45) is 5.73 Å². The van der Waals surface area contributed by atoms with Crippen LogP contribution in [0.2, 0.25) is 0 Å². The van der Waals surface area contributed by atoms with Gasteiger partial charge in [-0.05, 0) is 57.0 Å². The zero-order valence-corrected chi connectivity index (χ0v) is 18.1. The van der Waals surface area contributed by atoms with Crippen molar-refractivity contribution in [3.8, 4) is 0 Å². The number of aryl methyl sites for hydroxylation is 2. The summed E-state index contributed by atoms with van der Waals surface area (Å²) in [5.41, 5.74) is 10.0. The number of halogens is 1. The molecule has 0 bridgehead atoms. The molecule has 3 rings (SSSR count). The number of H-pyrrole nitrogens is 1. The van der Waals surface area contributed by atoms with Gasteiger partial charge in [0.15, 0.2) is 0 Å². The molecule has 0 saturated heterocycles. The Bertz CT molecular complexity index is 1110. The second-order valence-electron chi connectivity index (χ2n) is 7.33. The lowest BCUT2D eigenvalue weighted by Crippen LogP contribution is -2.28. The van der Waals surface area contributed by atoms with E-state index in [4.69, 9.17) is 5.73 Å². The minimum Gasteiger partial charge on any atom is -0.348 e. The van der Waals surface area contributed by atoms with Crippen molar-refractivity contribution in [2.75, 3.05) is 0 Å². The van der Waals surface area contributed by atoms with Crippen LogP contribution in [0.3, 0.4) is 0 Å². The number of amides is 1. The second kappa shape index (κ2) is 7.93. The van der Waals surface area contributed by atoms with Crippen LogP contribution in [0.15, 0.2) is 33.7 Å². The lowest BCUT2D eigenvalue weighted by Gasteiger charge is -2.12. The van der Waals surface area contributed by atoms with E-state index in [1.807, 2.05) is 32.0 Å². The predicted octanol–water partition coefficient (Wildman–Crippen LogP) is 3.68. The zero-order valence-electron chi connectivity index (χ0n) is 16.5. The SMILES string of the molecule is Cc1cc(CN)[nH]c(=O)c1CNC(=O)c1cc(Br)cc2c1c(C)cn2C(C)C. The first-order chi connectivity index (χ1) is 13.2. The zero-order chi connectivity index (χ0) is 20.6. The molecule has 6 nitrogen and oxygen atoms in total. The maximum absolute atomic E-state index is 13.0. The van der Waals surface area contributed by atoms with E-state index >= 15 is 0 Å². The van der Waals surface area contributed by atoms with Crippen molar-refractivity contribution < 1.29 is 4.79 Å². The quantitative estimate of drug-likeness (QED) is 0.560. The molecule has 0 aliphatic heterocycles. The smallest absolute Gasteiger partial charge is 0.253 e. The molecule has 0 unspecified atom stereocenters. The molecule has 1 amide bonds. The first kappa shape index (κ1) is 20.4. The van der Waals surface area contributed by atoms with Crippen molar-refractivity contribution in [1.82, 2.24) is 14.9 Å². The van der Waals surface area contributed by atoms with Gasteiger partial charge in [0.2, 0.25) is 0 Å². The van der Waals surface area contributed by atoms with Crippen LogP contribution in [0, 0.1) is 13.8 Å². The van der Waals surface area contributed by atoms with Crippen molar-refractivity contribution in [3.05, 3.63) is 67.2 Å². The van der Waals surface area contributed by atoms with Crippen LogP contribution in [0.5, 0.6) is 0 Å². The summed E-state index contributed by atoms with van der Waals surface area (Å²) in [6.07, 6.45) is 2.07. The van der Waals surface area contributed by atoms with Crippen LogP contribution in [-0.2, 0) is 13.1 Å². The number of aromatic nitrogens is 2. The number of pyridine rings is 1. The van der Waals surface area contributed by atoms with Gasteiger partial charge in [0.05, 0.1) is 11.1 Å². The molecule has 0 fully saturated rings. The molecule has 7 heteroatoms. The summed E-state index contributed by atoms with van der Waals surface area (Å²) in [5, 5.41) is 3.83. The molecule has 1 aromatic carbocycles. The van der Waals surface area contributed by atoms with Crippen molar-refractivity contribution in [3.63, 3.8) is 0 Å². The number of nitrogens with one attached hydrogen (secondary N) is 2. The lowest BCUT2D eigenvalue weighted by atomic mass is 10.1. The molecular formula is C21H25BrN4O2. The number of nitrogens with zero attached hydrogens (tertiary/aromatic N) is 1. The van der Waals surface area contributed by atoms with Crippen molar-refractivity contribution in [2.45, 2.75) is 46.8 Å². The minimum atomic E-state index is -0.220. The number of carbonyl (C=O) groups is 1. The van der Waals surface area contributed by atoms with E-state index in [1.165, 1.54) is 0 Å². The summed E-state index contributed by atoms with van der Waals surface area (Å²) in [5.74, 6) is -0.211. The van der Waals surface area contributed by atoms with E-state index in [0.717, 1.165) is 26.5 Å². The lowest BCUT2D eigenvalue weighted by molar-refractivity contribution is 0.0952. The average Bonchev–Trinajstić information content (AvgIpc) is 2.96. The predicted molar refractivity (Wildman–Crippen MR) is 116 cm³/mol. The Morgan fingerprint density at radius 1 is 1.25 bits per heavy atom. The van der Waals surface area contributed by atoms with Gasteiger partial charge in [-0.2, -0.15) is 0 Å². The van der Waals surface area contributed by atoms with Gasteiger partial charge in [-0.15, -0.1) is 0 Å². The third-order valence-corrected chi connectivity index (χ3v) is 5.41. The van der Waals surface area contributed by atoms with Gasteiger partial charge in [0.1, 0.15) is 0 Å². The van der Waals surface area contributed by atoms with Gasteiger partial charge >= 0.3 is 0 Å². The summed E-state index contributed by atoms with van der Waals surface area (Å²) in [7, 11) is 0. The fourth-order valence-corrected chi connectivity index (χ4v) is 3.98. The van der Waals surface area contributed by atoms with Crippen LogP contribution < -0.4 is 16.6 Å². The second-order valence-corrected chi connectivity index (χ2v) is 8.25. The van der Waals surface area contributed by atoms with E-state index in [2.05, 4.69) is 50.8 Å². The molecule has 0 spiro atoms. The molecule has 0 aliphatic rings. The Labute approximate surface area is 172 Å². The molecule has 2 aromatic heterocycles. The third-order valence-electron chi connectivity index (χ3n) is 4.95. The van der Waals surface area contributed by atoms with E-state index in [-0.39, 0.29) is 30.6 Å². The van der Waals surface area contributed by atoms with Crippen LogP contribution in [-0.4, -0.2) is 15.5 Å². The molecule has 4 N–H and O–H groups in total. The number of fused-ring (bicyclic) bond motifs is 1. The van der Waals surface area contributed by atoms with Crippen LogP contribution >= 0.6 is 15.9 Å². The monoisotopic (exact) mass is 444 g/mol. The fourth-order valence-electron chi connectivity index (χ4n) is 3.54. The van der Waals surface area contributed by atoms with Gasteiger partial charge in [-0.25, -0.2) is 0 Å². The topological polar surface area (TPSA) is 92.9 Å². The van der Waals surface area contributed by atoms with E-state index < -0.39 is 0 Å². The Hall–Kier alpha value is -2.38. The van der Waals surface area contributed by atoms with Gasteiger partial charge in [0, 0.05) is 46.4 Å². The largest absolute Gasteiger partial charge is 0.348 e. The molecule has 0 radical (unpaired) electrons. The Balaban J connectivity index is 1.96. The minimum absolute atomic E-state index is 0.156. The number of benzene rings is 1. The molecular weight excluding hydrogens is 420 g/mol. The summed E-state index contributed by atoms with van der Waals surface area (Å²) in [4.78, 5) is 28.0. The molecule has 2 heterocycles. The first-order valence-electron chi connectivity index (χ1n) is 9.23. The Kier molecular flexibility index (Phi) is 5.76. The molecule has 0 saturated carbocycles. The number of carbonyl (C=O) groups excluding carboxylic acids is 1. The van der Waals surface area contributed by atoms with Gasteiger partial charge in [-0.3, -0.25) is 9.59 Å².